The molecule has 0 fully saturated rings. The summed E-state index contributed by atoms with van der Waals surface area (Å²) in [5.74, 6) is -2.03. The standard InChI is InChI=1S/C17H11ClN2O7/c1-25-17(24)26-12-4-2-3-9-13(12)27-16(23)20(15(9)22)11-7-8(14(19)21)5-6-10(11)18/h2-7H,1H3,(H2,19,21). The minimum absolute atomic E-state index is 0.0238. The Bertz CT molecular complexity index is 1200. The van der Waals surface area contributed by atoms with Crippen LogP contribution in [0, 0.1) is 0 Å². The lowest BCUT2D eigenvalue weighted by atomic mass is 10.2. The molecule has 0 bridgehead atoms. The molecule has 0 atom stereocenters. The summed E-state index contributed by atoms with van der Waals surface area (Å²) in [6.07, 6.45) is -1.05. The molecule has 0 spiro atoms. The summed E-state index contributed by atoms with van der Waals surface area (Å²) in [6, 6.07) is 7.99. The Balaban J connectivity index is 2.30. The van der Waals surface area contributed by atoms with Crippen LogP contribution in [0.3, 0.4) is 0 Å². The van der Waals surface area contributed by atoms with Gasteiger partial charge in [0.05, 0.1) is 23.2 Å². The Morgan fingerprint density at radius 1 is 1.19 bits per heavy atom. The second kappa shape index (κ2) is 6.96. The molecule has 1 amide bonds. The molecule has 9 nitrogen and oxygen atoms in total. The maximum atomic E-state index is 12.8. The van der Waals surface area contributed by atoms with Crippen LogP contribution in [-0.4, -0.2) is 23.7 Å². The third-order valence-electron chi connectivity index (χ3n) is 3.62. The molecule has 0 saturated carbocycles. The van der Waals surface area contributed by atoms with Crippen molar-refractivity contribution in [3.63, 3.8) is 0 Å². The summed E-state index contributed by atoms with van der Waals surface area (Å²) in [6.45, 7) is 0. The number of hydrogen-bond acceptors (Lipinski definition) is 7. The smallest absolute Gasteiger partial charge is 0.437 e. The highest BCUT2D eigenvalue weighted by atomic mass is 35.5. The quantitative estimate of drug-likeness (QED) is 0.533. The van der Waals surface area contributed by atoms with Crippen molar-refractivity contribution in [2.24, 2.45) is 5.73 Å². The number of nitrogens with two attached hydrogens (primary N) is 1. The minimum atomic E-state index is -1.10. The van der Waals surface area contributed by atoms with Crippen LogP contribution in [0.15, 0.2) is 50.4 Å². The molecule has 1 aromatic heterocycles. The SMILES string of the molecule is COC(=O)Oc1cccc2c(=O)n(-c3cc(C(N)=O)ccc3Cl)c(=O)oc12. The maximum Gasteiger partial charge on any atom is 0.513 e. The van der Waals surface area contributed by atoms with E-state index in [2.05, 4.69) is 4.74 Å². The van der Waals surface area contributed by atoms with Gasteiger partial charge in [0.25, 0.3) is 5.56 Å². The number of benzene rings is 2. The number of para-hydroxylation sites is 1. The van der Waals surface area contributed by atoms with Gasteiger partial charge < -0.3 is 19.6 Å². The summed E-state index contributed by atoms with van der Waals surface area (Å²) in [4.78, 5) is 48.0. The number of aromatic nitrogens is 1. The monoisotopic (exact) mass is 390 g/mol. The number of rotatable bonds is 3. The van der Waals surface area contributed by atoms with Crippen molar-refractivity contribution >= 4 is 34.6 Å². The zero-order valence-corrected chi connectivity index (χ0v) is 14.5. The molecule has 0 aliphatic rings. The number of carbonyl (C=O) groups is 2. The van der Waals surface area contributed by atoms with E-state index in [4.69, 9.17) is 26.5 Å². The largest absolute Gasteiger partial charge is 0.513 e. The van der Waals surface area contributed by atoms with Crippen LogP contribution in [0.1, 0.15) is 10.4 Å². The first-order valence-corrected chi connectivity index (χ1v) is 7.75. The van der Waals surface area contributed by atoms with E-state index in [0.717, 1.165) is 7.11 Å². The normalized spacial score (nSPS) is 10.6. The predicted molar refractivity (Wildman–Crippen MR) is 94.6 cm³/mol. The second-order valence-corrected chi connectivity index (χ2v) is 5.64. The van der Waals surface area contributed by atoms with Crippen LogP contribution in [0.5, 0.6) is 5.75 Å². The van der Waals surface area contributed by atoms with E-state index >= 15 is 0 Å². The van der Waals surface area contributed by atoms with Crippen LogP contribution in [0.4, 0.5) is 4.79 Å². The van der Waals surface area contributed by atoms with Crippen LogP contribution in [-0.2, 0) is 4.74 Å². The van der Waals surface area contributed by atoms with Crippen molar-refractivity contribution in [1.29, 1.82) is 0 Å². The zero-order valence-electron chi connectivity index (χ0n) is 13.7. The van der Waals surface area contributed by atoms with Crippen LogP contribution in [0.2, 0.25) is 5.02 Å². The van der Waals surface area contributed by atoms with Crippen LogP contribution in [0.25, 0.3) is 16.7 Å². The van der Waals surface area contributed by atoms with E-state index in [9.17, 15) is 19.2 Å². The van der Waals surface area contributed by atoms with Gasteiger partial charge in [-0.3, -0.25) is 9.59 Å². The molecule has 0 radical (unpaired) electrons. The lowest BCUT2D eigenvalue weighted by molar-refractivity contribution is 0.1000. The number of halogens is 1. The van der Waals surface area contributed by atoms with Crippen molar-refractivity contribution in [3.05, 3.63) is 67.9 Å². The summed E-state index contributed by atoms with van der Waals surface area (Å²) in [5, 5.41) is -0.0349. The molecule has 0 aliphatic heterocycles. The van der Waals surface area contributed by atoms with Crippen LogP contribution >= 0.6 is 11.6 Å². The molecule has 3 rings (SSSR count). The Hall–Kier alpha value is -3.59. The summed E-state index contributed by atoms with van der Waals surface area (Å²) < 4.78 is 15.1. The molecule has 2 N–H and O–H groups in total. The Labute approximate surface area is 155 Å². The first kappa shape index (κ1) is 18.2. The molecular formula is C17H11ClN2O7. The number of nitrogens with zero attached hydrogens (tertiary/aromatic N) is 1. The fourth-order valence-electron chi connectivity index (χ4n) is 2.38. The minimum Gasteiger partial charge on any atom is -0.437 e. The van der Waals surface area contributed by atoms with Crippen molar-refractivity contribution in [1.82, 2.24) is 4.57 Å². The number of amides is 1. The van der Waals surface area contributed by atoms with Gasteiger partial charge in [0, 0.05) is 5.56 Å². The molecule has 3 aromatic rings. The van der Waals surface area contributed by atoms with Gasteiger partial charge in [0.15, 0.2) is 11.3 Å². The van der Waals surface area contributed by atoms with E-state index in [1.807, 2.05) is 0 Å². The summed E-state index contributed by atoms with van der Waals surface area (Å²) in [5.41, 5.74) is 4.16. The number of primary amides is 1. The lowest BCUT2D eigenvalue weighted by Crippen LogP contribution is -2.31. The van der Waals surface area contributed by atoms with Crippen molar-refractivity contribution in [2.45, 2.75) is 0 Å². The Morgan fingerprint density at radius 3 is 2.59 bits per heavy atom. The summed E-state index contributed by atoms with van der Waals surface area (Å²) >= 11 is 6.07. The Kier molecular flexibility index (Phi) is 4.70. The molecule has 2 aromatic carbocycles. The first-order valence-electron chi connectivity index (χ1n) is 7.38. The fourth-order valence-corrected chi connectivity index (χ4v) is 2.58. The average molecular weight is 391 g/mol. The molecule has 10 heteroatoms. The number of fused-ring (bicyclic) bond motifs is 1. The van der Waals surface area contributed by atoms with Gasteiger partial charge in [0.1, 0.15) is 0 Å². The highest BCUT2D eigenvalue weighted by Crippen LogP contribution is 2.24. The topological polar surface area (TPSA) is 131 Å². The van der Waals surface area contributed by atoms with Gasteiger partial charge in [-0.25, -0.2) is 14.2 Å². The number of methoxy groups -OCH3 is 1. The number of hydrogen-bond donors (Lipinski definition) is 1. The van der Waals surface area contributed by atoms with Gasteiger partial charge >= 0.3 is 11.9 Å². The lowest BCUT2D eigenvalue weighted by Gasteiger charge is -2.10. The van der Waals surface area contributed by atoms with Crippen LogP contribution < -0.4 is 21.8 Å². The zero-order chi connectivity index (χ0) is 19.7. The fraction of sp³-hybridized carbons (Fsp3) is 0.0588. The van der Waals surface area contributed by atoms with Gasteiger partial charge in [-0.1, -0.05) is 17.7 Å². The van der Waals surface area contributed by atoms with Gasteiger partial charge in [-0.15, -0.1) is 0 Å². The van der Waals surface area contributed by atoms with Gasteiger partial charge in [-0.2, -0.15) is 0 Å². The van der Waals surface area contributed by atoms with Gasteiger partial charge in [-0.05, 0) is 30.3 Å². The molecule has 0 saturated heterocycles. The number of carbonyl (C=O) groups excluding carboxylic acids is 2. The highest BCUT2D eigenvalue weighted by Gasteiger charge is 2.19. The number of ether oxygens (including phenoxy) is 2. The molecule has 138 valence electrons. The van der Waals surface area contributed by atoms with E-state index in [-0.39, 0.29) is 33.0 Å². The highest BCUT2D eigenvalue weighted by molar-refractivity contribution is 6.32. The van der Waals surface area contributed by atoms with E-state index in [0.29, 0.717) is 4.57 Å². The molecule has 0 unspecified atom stereocenters. The summed E-state index contributed by atoms with van der Waals surface area (Å²) in [7, 11) is 1.10. The predicted octanol–water partition coefficient (Wildman–Crippen LogP) is 1.84. The molecule has 1 heterocycles. The first-order chi connectivity index (χ1) is 12.8. The van der Waals surface area contributed by atoms with Crippen molar-refractivity contribution in [3.8, 4) is 11.4 Å². The van der Waals surface area contributed by atoms with E-state index < -0.39 is 23.4 Å². The second-order valence-electron chi connectivity index (χ2n) is 5.23. The van der Waals surface area contributed by atoms with Crippen molar-refractivity contribution in [2.75, 3.05) is 7.11 Å². The molecular weight excluding hydrogens is 380 g/mol. The molecule has 27 heavy (non-hydrogen) atoms. The average Bonchev–Trinajstić information content (AvgIpc) is 2.63. The third kappa shape index (κ3) is 3.27. The van der Waals surface area contributed by atoms with E-state index in [1.54, 1.807) is 0 Å². The van der Waals surface area contributed by atoms with Gasteiger partial charge in [0.2, 0.25) is 5.91 Å². The van der Waals surface area contributed by atoms with Crippen molar-refractivity contribution < 1.29 is 23.5 Å². The van der Waals surface area contributed by atoms with E-state index in [1.165, 1.54) is 36.4 Å². The maximum absolute atomic E-state index is 12.8. The third-order valence-corrected chi connectivity index (χ3v) is 3.94. The Morgan fingerprint density at radius 2 is 1.93 bits per heavy atom. The molecule has 0 aliphatic carbocycles.